The van der Waals surface area contributed by atoms with E-state index in [2.05, 4.69) is 81.5 Å². The van der Waals surface area contributed by atoms with Crippen molar-refractivity contribution in [2.75, 3.05) is 13.2 Å². The number of allylic oxidation sites excluding steroid dienone is 10. The number of unbranched alkanes of at least 4 members (excludes halogenated alkanes) is 31. The highest BCUT2D eigenvalue weighted by molar-refractivity contribution is 5.71. The summed E-state index contributed by atoms with van der Waals surface area (Å²) < 4.78 is 16.9. The van der Waals surface area contributed by atoms with Gasteiger partial charge < -0.3 is 14.2 Å². The Hall–Kier alpha value is -2.89. The van der Waals surface area contributed by atoms with Crippen molar-refractivity contribution in [3.05, 3.63) is 60.8 Å². The van der Waals surface area contributed by atoms with Crippen LogP contribution < -0.4 is 0 Å². The Balaban J connectivity index is 4.41. The zero-order valence-corrected chi connectivity index (χ0v) is 44.4. The van der Waals surface area contributed by atoms with Crippen molar-refractivity contribution in [2.45, 2.75) is 297 Å². The number of carbonyl (C=O) groups excluding carboxylic acids is 3. The van der Waals surface area contributed by atoms with E-state index in [1.54, 1.807) is 0 Å². The molecule has 0 aromatic heterocycles. The molecule has 0 radical (unpaired) electrons. The zero-order valence-electron chi connectivity index (χ0n) is 44.4. The topological polar surface area (TPSA) is 78.9 Å². The van der Waals surface area contributed by atoms with Gasteiger partial charge in [0, 0.05) is 19.3 Å². The molecular formula is C61H108O6. The average Bonchev–Trinajstić information content (AvgIpc) is 3.33. The van der Waals surface area contributed by atoms with E-state index in [4.69, 9.17) is 14.2 Å². The molecule has 0 spiro atoms. The van der Waals surface area contributed by atoms with Crippen LogP contribution in [-0.4, -0.2) is 37.2 Å². The standard InChI is InChI=1S/C61H108O6/c1-4-7-10-13-16-19-22-25-28-30-33-36-39-42-45-48-51-54-60(63)66-57-58(56-65-59(62)53-50-47-44-41-38-35-32-27-24-21-18-15-12-9-6-3)67-61(64)55-52-49-46-43-40-37-34-31-29-26-23-20-17-14-11-8-5-2/h8,11,17,20,25-26,28-29,34,37,58H,4-7,9-10,12-16,18-19,21-24,27,30-33,35-36,38-57H2,1-3H3/b11-8-,20-17-,28-25-,29-26-,37-34-/t58-/m0/s1. The fourth-order valence-electron chi connectivity index (χ4n) is 8.19. The molecule has 0 saturated carbocycles. The largest absolute Gasteiger partial charge is 0.462 e. The highest BCUT2D eigenvalue weighted by atomic mass is 16.6. The molecule has 0 heterocycles. The molecule has 0 aliphatic carbocycles. The summed E-state index contributed by atoms with van der Waals surface area (Å²) in [6, 6.07) is 0. The SMILES string of the molecule is CC/C=C\C/C=C\C/C=C\C/C=C\CCCCCCC(=O)O[C@H](COC(=O)CCCCCCCCC/C=C\CCCCCCCC)COC(=O)CCCCCCCCCCCCCCCCC. The molecule has 0 aliphatic heterocycles. The minimum absolute atomic E-state index is 0.0830. The fraction of sp³-hybridized carbons (Fsp3) is 0.787. The summed E-state index contributed by atoms with van der Waals surface area (Å²) in [7, 11) is 0. The lowest BCUT2D eigenvalue weighted by Crippen LogP contribution is -2.30. The molecule has 0 N–H and O–H groups in total. The lowest BCUT2D eigenvalue weighted by atomic mass is 10.0. The maximum Gasteiger partial charge on any atom is 0.306 e. The van der Waals surface area contributed by atoms with Gasteiger partial charge in [-0.25, -0.2) is 0 Å². The van der Waals surface area contributed by atoms with Crippen molar-refractivity contribution in [3.63, 3.8) is 0 Å². The van der Waals surface area contributed by atoms with Crippen molar-refractivity contribution in [1.29, 1.82) is 0 Å². The molecule has 0 unspecified atom stereocenters. The van der Waals surface area contributed by atoms with Gasteiger partial charge in [0.05, 0.1) is 0 Å². The van der Waals surface area contributed by atoms with Crippen molar-refractivity contribution in [2.24, 2.45) is 0 Å². The third-order valence-electron chi connectivity index (χ3n) is 12.5. The van der Waals surface area contributed by atoms with Crippen molar-refractivity contribution >= 4 is 17.9 Å². The van der Waals surface area contributed by atoms with Gasteiger partial charge in [-0.2, -0.15) is 0 Å². The first-order chi connectivity index (χ1) is 33.0. The summed E-state index contributed by atoms with van der Waals surface area (Å²) in [5.74, 6) is -0.899. The van der Waals surface area contributed by atoms with Crippen LogP contribution in [0, 0.1) is 0 Å². The Bertz CT molecular complexity index is 1210. The van der Waals surface area contributed by atoms with Gasteiger partial charge >= 0.3 is 17.9 Å². The molecule has 0 aromatic rings. The van der Waals surface area contributed by atoms with Crippen LogP contribution in [0.5, 0.6) is 0 Å². The summed E-state index contributed by atoms with van der Waals surface area (Å²) >= 11 is 0. The second-order valence-electron chi connectivity index (χ2n) is 19.2. The Morgan fingerprint density at radius 3 is 0.925 bits per heavy atom. The molecule has 0 aliphatic rings. The summed E-state index contributed by atoms with van der Waals surface area (Å²) in [4.78, 5) is 38.2. The molecule has 0 amide bonds. The number of hydrogen-bond acceptors (Lipinski definition) is 6. The first-order valence-corrected chi connectivity index (χ1v) is 28.8. The Kier molecular flexibility index (Phi) is 53.3. The molecule has 1 atom stereocenters. The Morgan fingerprint density at radius 2 is 0.582 bits per heavy atom. The van der Waals surface area contributed by atoms with Gasteiger partial charge in [0.1, 0.15) is 13.2 Å². The van der Waals surface area contributed by atoms with Crippen LogP contribution in [0.2, 0.25) is 0 Å². The molecular weight excluding hydrogens is 829 g/mol. The van der Waals surface area contributed by atoms with E-state index in [0.29, 0.717) is 19.3 Å². The maximum atomic E-state index is 12.8. The first-order valence-electron chi connectivity index (χ1n) is 28.8. The van der Waals surface area contributed by atoms with E-state index in [1.165, 1.54) is 154 Å². The molecule has 0 aromatic carbocycles. The predicted molar refractivity (Wildman–Crippen MR) is 288 cm³/mol. The smallest absolute Gasteiger partial charge is 0.306 e. The molecule has 0 fully saturated rings. The van der Waals surface area contributed by atoms with Crippen LogP contribution >= 0.6 is 0 Å². The van der Waals surface area contributed by atoms with Gasteiger partial charge in [-0.1, -0.05) is 248 Å². The lowest BCUT2D eigenvalue weighted by Gasteiger charge is -2.18. The number of hydrogen-bond donors (Lipinski definition) is 0. The van der Waals surface area contributed by atoms with Crippen molar-refractivity contribution < 1.29 is 28.6 Å². The fourth-order valence-corrected chi connectivity index (χ4v) is 8.19. The summed E-state index contributed by atoms with van der Waals surface area (Å²) in [5.41, 5.74) is 0. The third-order valence-corrected chi connectivity index (χ3v) is 12.5. The second kappa shape index (κ2) is 55.7. The summed E-state index contributed by atoms with van der Waals surface area (Å²) in [6.45, 7) is 6.53. The number of esters is 3. The second-order valence-corrected chi connectivity index (χ2v) is 19.2. The van der Waals surface area contributed by atoms with Crippen LogP contribution in [0.3, 0.4) is 0 Å². The molecule has 0 rings (SSSR count). The van der Waals surface area contributed by atoms with Crippen molar-refractivity contribution in [3.8, 4) is 0 Å². The van der Waals surface area contributed by atoms with Crippen LogP contribution in [-0.2, 0) is 28.6 Å². The van der Waals surface area contributed by atoms with E-state index in [1.807, 2.05) is 0 Å². The number of rotatable bonds is 52. The minimum atomic E-state index is -0.787. The van der Waals surface area contributed by atoms with Crippen molar-refractivity contribution in [1.82, 2.24) is 0 Å². The van der Waals surface area contributed by atoms with Gasteiger partial charge in [-0.05, 0) is 83.5 Å². The predicted octanol–water partition coefficient (Wildman–Crippen LogP) is 19.2. The molecule has 6 heteroatoms. The Labute approximate surface area is 415 Å². The van der Waals surface area contributed by atoms with E-state index in [9.17, 15) is 14.4 Å². The normalized spacial score (nSPS) is 12.5. The summed E-state index contributed by atoms with van der Waals surface area (Å²) in [5, 5.41) is 0. The number of ether oxygens (including phenoxy) is 3. The molecule has 0 saturated heterocycles. The molecule has 0 bridgehead atoms. The van der Waals surface area contributed by atoms with Gasteiger partial charge in [0.15, 0.2) is 6.10 Å². The monoisotopic (exact) mass is 937 g/mol. The van der Waals surface area contributed by atoms with Crippen LogP contribution in [0.4, 0.5) is 0 Å². The highest BCUT2D eigenvalue weighted by Crippen LogP contribution is 2.16. The Morgan fingerprint density at radius 1 is 0.313 bits per heavy atom. The molecule has 388 valence electrons. The summed E-state index contributed by atoms with van der Waals surface area (Å²) in [6.07, 6.45) is 69.2. The molecule has 6 nitrogen and oxygen atoms in total. The quantitative estimate of drug-likeness (QED) is 0.0262. The average molecular weight is 938 g/mol. The highest BCUT2D eigenvalue weighted by Gasteiger charge is 2.19. The minimum Gasteiger partial charge on any atom is -0.462 e. The van der Waals surface area contributed by atoms with Gasteiger partial charge in [0.2, 0.25) is 0 Å². The first kappa shape index (κ1) is 64.1. The van der Waals surface area contributed by atoms with Gasteiger partial charge in [-0.3, -0.25) is 14.4 Å². The van der Waals surface area contributed by atoms with E-state index < -0.39 is 6.10 Å². The van der Waals surface area contributed by atoms with Gasteiger partial charge in [-0.15, -0.1) is 0 Å². The zero-order chi connectivity index (χ0) is 48.6. The third kappa shape index (κ3) is 53.9. The van der Waals surface area contributed by atoms with E-state index in [-0.39, 0.29) is 31.1 Å². The lowest BCUT2D eigenvalue weighted by molar-refractivity contribution is -0.167. The van der Waals surface area contributed by atoms with Crippen LogP contribution in [0.15, 0.2) is 60.8 Å². The molecule has 67 heavy (non-hydrogen) atoms. The van der Waals surface area contributed by atoms with E-state index in [0.717, 1.165) is 96.3 Å². The van der Waals surface area contributed by atoms with E-state index >= 15 is 0 Å². The van der Waals surface area contributed by atoms with Gasteiger partial charge in [0.25, 0.3) is 0 Å². The van der Waals surface area contributed by atoms with Crippen LogP contribution in [0.1, 0.15) is 290 Å². The van der Waals surface area contributed by atoms with Crippen LogP contribution in [0.25, 0.3) is 0 Å². The number of carbonyl (C=O) groups is 3. The maximum absolute atomic E-state index is 12.8.